The van der Waals surface area contributed by atoms with Crippen LogP contribution in [0, 0.1) is 5.41 Å². The van der Waals surface area contributed by atoms with E-state index in [0.29, 0.717) is 12.1 Å². The molecule has 0 aliphatic carbocycles. The molecule has 0 aliphatic heterocycles. The third kappa shape index (κ3) is 4.49. The van der Waals surface area contributed by atoms with Crippen molar-refractivity contribution in [1.82, 2.24) is 4.72 Å². The number of aliphatic hydroxyl groups excluding tert-OH is 1. The smallest absolute Gasteiger partial charge is 0.240 e. The highest BCUT2D eigenvalue weighted by Gasteiger charge is 2.29. The maximum Gasteiger partial charge on any atom is 0.240 e. The predicted molar refractivity (Wildman–Crippen MR) is 76.1 cm³/mol. The lowest BCUT2D eigenvalue weighted by Gasteiger charge is -2.30. The normalized spacial score (nSPS) is 14.3. The minimum atomic E-state index is -3.63. The zero-order valence-corrected chi connectivity index (χ0v) is 12.4. The summed E-state index contributed by atoms with van der Waals surface area (Å²) in [5.41, 5.74) is 5.72. The summed E-state index contributed by atoms with van der Waals surface area (Å²) < 4.78 is 27.2. The van der Waals surface area contributed by atoms with Crippen molar-refractivity contribution in [1.29, 1.82) is 0 Å². The van der Waals surface area contributed by atoms with Gasteiger partial charge >= 0.3 is 0 Å². The van der Waals surface area contributed by atoms with E-state index in [9.17, 15) is 8.42 Å². The van der Waals surface area contributed by atoms with Gasteiger partial charge in [-0.1, -0.05) is 26.8 Å². The Bertz CT molecular complexity index is 521. The van der Waals surface area contributed by atoms with E-state index in [2.05, 4.69) is 4.72 Å². The van der Waals surface area contributed by atoms with Gasteiger partial charge in [0.05, 0.1) is 4.90 Å². The number of nitrogen functional groups attached to an aromatic ring is 1. The fraction of sp³-hybridized carbons (Fsp3) is 0.538. The summed E-state index contributed by atoms with van der Waals surface area (Å²) in [5, 5.41) is 9.06. The van der Waals surface area contributed by atoms with Crippen LogP contribution in [0.2, 0.25) is 0 Å². The summed E-state index contributed by atoms with van der Waals surface area (Å²) >= 11 is 0. The topological polar surface area (TPSA) is 92.4 Å². The van der Waals surface area contributed by atoms with Crippen molar-refractivity contribution in [2.45, 2.75) is 38.1 Å². The van der Waals surface area contributed by atoms with Gasteiger partial charge in [0, 0.05) is 18.3 Å². The van der Waals surface area contributed by atoms with Crippen LogP contribution in [-0.4, -0.2) is 26.2 Å². The molecule has 0 aliphatic rings. The van der Waals surface area contributed by atoms with Gasteiger partial charge in [0.25, 0.3) is 0 Å². The Morgan fingerprint density at radius 2 is 2.00 bits per heavy atom. The maximum absolute atomic E-state index is 12.3. The molecule has 0 fully saturated rings. The lowest BCUT2D eigenvalue weighted by atomic mass is 9.86. The van der Waals surface area contributed by atoms with E-state index in [0.717, 1.165) is 0 Å². The van der Waals surface area contributed by atoms with Gasteiger partial charge in [-0.25, -0.2) is 13.1 Å². The molecule has 108 valence electrons. The first-order chi connectivity index (χ1) is 8.66. The molecule has 1 aromatic rings. The second-order valence-corrected chi connectivity index (χ2v) is 7.34. The number of hydrogen-bond acceptors (Lipinski definition) is 4. The predicted octanol–water partition coefficient (Wildman–Crippen LogP) is 1.34. The standard InChI is InChI=1S/C13H22N2O3S/c1-13(2,3)12(7-8-16)15-19(17,18)11-6-4-5-10(14)9-11/h4-6,9,12,15-16H,7-8,14H2,1-3H3. The molecule has 1 atom stereocenters. The SMILES string of the molecule is CC(C)(C)C(CCO)NS(=O)(=O)c1cccc(N)c1. The molecule has 6 heteroatoms. The van der Waals surface area contributed by atoms with Crippen LogP contribution in [0.15, 0.2) is 29.2 Å². The number of hydrogen-bond donors (Lipinski definition) is 3. The van der Waals surface area contributed by atoms with E-state index in [1.165, 1.54) is 12.1 Å². The quantitative estimate of drug-likeness (QED) is 0.712. The Labute approximate surface area is 114 Å². The Morgan fingerprint density at radius 1 is 1.37 bits per heavy atom. The molecule has 5 nitrogen and oxygen atoms in total. The highest BCUT2D eigenvalue weighted by Crippen LogP contribution is 2.24. The molecule has 0 saturated carbocycles. The zero-order valence-electron chi connectivity index (χ0n) is 11.6. The van der Waals surface area contributed by atoms with Gasteiger partial charge in [-0.15, -0.1) is 0 Å². The highest BCUT2D eigenvalue weighted by molar-refractivity contribution is 7.89. The summed E-state index contributed by atoms with van der Waals surface area (Å²) in [6.07, 6.45) is 0.366. The van der Waals surface area contributed by atoms with Crippen LogP contribution < -0.4 is 10.5 Å². The van der Waals surface area contributed by atoms with Crippen LogP contribution >= 0.6 is 0 Å². The monoisotopic (exact) mass is 286 g/mol. The van der Waals surface area contributed by atoms with Crippen LogP contribution in [0.3, 0.4) is 0 Å². The summed E-state index contributed by atoms with van der Waals surface area (Å²) in [6, 6.07) is 5.80. The minimum absolute atomic E-state index is 0.0681. The zero-order chi connectivity index (χ0) is 14.7. The molecule has 0 spiro atoms. The number of nitrogens with two attached hydrogens (primary N) is 1. The average molecular weight is 286 g/mol. The number of anilines is 1. The molecule has 0 bridgehead atoms. The van der Waals surface area contributed by atoms with Gasteiger partial charge < -0.3 is 10.8 Å². The third-order valence-electron chi connectivity index (χ3n) is 2.93. The largest absolute Gasteiger partial charge is 0.399 e. The lowest BCUT2D eigenvalue weighted by molar-refractivity contribution is 0.214. The van der Waals surface area contributed by atoms with E-state index in [-0.39, 0.29) is 23.0 Å². The molecule has 4 N–H and O–H groups in total. The molecule has 0 heterocycles. The fourth-order valence-corrected chi connectivity index (χ4v) is 3.27. The van der Waals surface area contributed by atoms with Crippen LogP contribution in [0.25, 0.3) is 0 Å². The number of benzene rings is 1. The van der Waals surface area contributed by atoms with Gasteiger partial charge in [-0.2, -0.15) is 0 Å². The third-order valence-corrected chi connectivity index (χ3v) is 4.40. The van der Waals surface area contributed by atoms with Crippen molar-refractivity contribution in [2.24, 2.45) is 5.41 Å². The first-order valence-corrected chi connectivity index (χ1v) is 7.64. The Balaban J connectivity index is 3.01. The van der Waals surface area contributed by atoms with Gasteiger partial charge in [-0.3, -0.25) is 0 Å². The lowest BCUT2D eigenvalue weighted by Crippen LogP contribution is -2.44. The second kappa shape index (κ2) is 5.90. The van der Waals surface area contributed by atoms with Gasteiger partial charge in [-0.05, 0) is 30.0 Å². The van der Waals surface area contributed by atoms with E-state index in [1.54, 1.807) is 12.1 Å². The maximum atomic E-state index is 12.3. The van der Waals surface area contributed by atoms with Crippen LogP contribution in [-0.2, 0) is 10.0 Å². The van der Waals surface area contributed by atoms with Crippen LogP contribution in [0.4, 0.5) is 5.69 Å². The molecule has 0 radical (unpaired) electrons. The minimum Gasteiger partial charge on any atom is -0.399 e. The van der Waals surface area contributed by atoms with E-state index in [4.69, 9.17) is 10.8 Å². The Morgan fingerprint density at radius 3 is 2.47 bits per heavy atom. The van der Waals surface area contributed by atoms with Gasteiger partial charge in [0.15, 0.2) is 0 Å². The van der Waals surface area contributed by atoms with Crippen molar-refractivity contribution in [2.75, 3.05) is 12.3 Å². The molecule has 19 heavy (non-hydrogen) atoms. The van der Waals surface area contributed by atoms with Crippen molar-refractivity contribution >= 4 is 15.7 Å². The summed E-state index contributed by atoms with van der Waals surface area (Å²) in [6.45, 7) is 5.71. The number of rotatable bonds is 5. The summed E-state index contributed by atoms with van der Waals surface area (Å²) in [4.78, 5) is 0.139. The van der Waals surface area contributed by atoms with Crippen molar-refractivity contribution in [3.63, 3.8) is 0 Å². The molecule has 1 aromatic carbocycles. The van der Waals surface area contributed by atoms with E-state index in [1.807, 2.05) is 20.8 Å². The number of aliphatic hydroxyl groups is 1. The molecule has 0 aromatic heterocycles. The average Bonchev–Trinajstić information content (AvgIpc) is 2.27. The first kappa shape index (κ1) is 15.9. The van der Waals surface area contributed by atoms with Gasteiger partial charge in [0.2, 0.25) is 10.0 Å². The van der Waals surface area contributed by atoms with Crippen LogP contribution in [0.1, 0.15) is 27.2 Å². The van der Waals surface area contributed by atoms with E-state index < -0.39 is 10.0 Å². The Hall–Kier alpha value is -1.11. The van der Waals surface area contributed by atoms with Crippen LogP contribution in [0.5, 0.6) is 0 Å². The number of sulfonamides is 1. The van der Waals surface area contributed by atoms with Crippen molar-refractivity contribution < 1.29 is 13.5 Å². The molecule has 0 saturated heterocycles. The van der Waals surface area contributed by atoms with E-state index >= 15 is 0 Å². The molecular formula is C13H22N2O3S. The number of nitrogens with one attached hydrogen (secondary N) is 1. The van der Waals surface area contributed by atoms with Crippen molar-refractivity contribution in [3.05, 3.63) is 24.3 Å². The fourth-order valence-electron chi connectivity index (χ4n) is 1.73. The molecule has 1 rings (SSSR count). The highest BCUT2D eigenvalue weighted by atomic mass is 32.2. The van der Waals surface area contributed by atoms with Crippen molar-refractivity contribution in [3.8, 4) is 0 Å². The van der Waals surface area contributed by atoms with Gasteiger partial charge in [0.1, 0.15) is 0 Å². The molecular weight excluding hydrogens is 264 g/mol. The summed E-state index contributed by atoms with van der Waals surface area (Å²) in [5.74, 6) is 0. The summed E-state index contributed by atoms with van der Waals surface area (Å²) in [7, 11) is -3.63. The second-order valence-electron chi connectivity index (χ2n) is 5.62. The first-order valence-electron chi connectivity index (χ1n) is 6.15. The Kier molecular flexibility index (Phi) is 4.95. The molecule has 0 amide bonds. The molecule has 1 unspecified atom stereocenters.